The molecule has 1 fully saturated rings. The zero-order valence-corrected chi connectivity index (χ0v) is 12.4. The second-order valence-electron chi connectivity index (χ2n) is 5.35. The maximum atomic E-state index is 12.2. The highest BCUT2D eigenvalue weighted by Crippen LogP contribution is 2.18. The van der Waals surface area contributed by atoms with E-state index in [-0.39, 0.29) is 17.2 Å². The van der Waals surface area contributed by atoms with Crippen molar-refractivity contribution in [3.63, 3.8) is 0 Å². The Morgan fingerprint density at radius 2 is 2.19 bits per heavy atom. The Hall–Kier alpha value is -1.89. The highest BCUT2D eigenvalue weighted by Gasteiger charge is 2.22. The summed E-state index contributed by atoms with van der Waals surface area (Å²) in [6.07, 6.45) is 3.92. The summed E-state index contributed by atoms with van der Waals surface area (Å²) in [4.78, 5) is 38.3. The molecule has 0 bridgehead atoms. The van der Waals surface area contributed by atoms with Gasteiger partial charge in [-0.2, -0.15) is 0 Å². The monoisotopic (exact) mass is 307 g/mol. The molecule has 0 atom stereocenters. The lowest BCUT2D eigenvalue weighted by Gasteiger charge is -2.05. The number of H-pyrrole nitrogens is 1. The number of aromatic nitrogens is 2. The van der Waals surface area contributed by atoms with E-state index in [9.17, 15) is 14.4 Å². The molecule has 21 heavy (non-hydrogen) atoms. The standard InChI is InChI=1S/C14H17N3O3S/c18-11(15-9-4-5-9)3-1-2-7-17-13(19)12-10(6-8-21-12)16-14(17)20/h6,8-9H,1-5,7H2,(H,15,18)(H,16,20). The predicted octanol–water partition coefficient (Wildman–Crippen LogP) is 1.20. The van der Waals surface area contributed by atoms with Gasteiger partial charge in [-0.1, -0.05) is 0 Å². The molecule has 2 aromatic heterocycles. The molecule has 7 heteroatoms. The van der Waals surface area contributed by atoms with E-state index in [0.29, 0.717) is 42.1 Å². The average Bonchev–Trinajstić information content (AvgIpc) is 3.12. The first-order valence-electron chi connectivity index (χ1n) is 7.15. The van der Waals surface area contributed by atoms with E-state index >= 15 is 0 Å². The van der Waals surface area contributed by atoms with E-state index in [1.165, 1.54) is 15.9 Å². The van der Waals surface area contributed by atoms with Gasteiger partial charge in [-0.05, 0) is 37.1 Å². The lowest BCUT2D eigenvalue weighted by Crippen LogP contribution is -2.34. The van der Waals surface area contributed by atoms with Crippen molar-refractivity contribution in [2.75, 3.05) is 0 Å². The maximum absolute atomic E-state index is 12.2. The van der Waals surface area contributed by atoms with Gasteiger partial charge in [0.1, 0.15) is 4.70 Å². The Kier molecular flexibility index (Phi) is 3.92. The summed E-state index contributed by atoms with van der Waals surface area (Å²) in [5.74, 6) is 0.0625. The van der Waals surface area contributed by atoms with Crippen LogP contribution in [0.3, 0.4) is 0 Å². The molecule has 1 saturated carbocycles. The van der Waals surface area contributed by atoms with Crippen molar-refractivity contribution in [1.29, 1.82) is 0 Å². The summed E-state index contributed by atoms with van der Waals surface area (Å²) in [7, 11) is 0. The lowest BCUT2D eigenvalue weighted by molar-refractivity contribution is -0.121. The third-order valence-corrected chi connectivity index (χ3v) is 4.47. The van der Waals surface area contributed by atoms with Gasteiger partial charge in [0.25, 0.3) is 5.56 Å². The van der Waals surface area contributed by atoms with E-state index in [2.05, 4.69) is 10.3 Å². The molecule has 0 spiro atoms. The minimum Gasteiger partial charge on any atom is -0.353 e. The number of nitrogens with zero attached hydrogens (tertiary/aromatic N) is 1. The van der Waals surface area contributed by atoms with Crippen molar-refractivity contribution in [3.05, 3.63) is 32.3 Å². The minimum absolute atomic E-state index is 0.0625. The van der Waals surface area contributed by atoms with E-state index in [1.54, 1.807) is 11.4 Å². The van der Waals surface area contributed by atoms with Gasteiger partial charge < -0.3 is 10.3 Å². The van der Waals surface area contributed by atoms with Crippen LogP contribution in [0.4, 0.5) is 0 Å². The normalized spacial score (nSPS) is 14.5. The van der Waals surface area contributed by atoms with Crippen LogP contribution in [-0.4, -0.2) is 21.5 Å². The van der Waals surface area contributed by atoms with Gasteiger partial charge in [-0.15, -0.1) is 11.3 Å². The largest absolute Gasteiger partial charge is 0.353 e. The van der Waals surface area contributed by atoms with Gasteiger partial charge in [0, 0.05) is 19.0 Å². The Balaban J connectivity index is 1.58. The molecule has 0 radical (unpaired) electrons. The van der Waals surface area contributed by atoms with Crippen molar-refractivity contribution >= 4 is 27.5 Å². The molecule has 1 aliphatic rings. The molecule has 1 aliphatic carbocycles. The number of amides is 1. The second-order valence-corrected chi connectivity index (χ2v) is 6.27. The van der Waals surface area contributed by atoms with E-state index in [4.69, 9.17) is 0 Å². The minimum atomic E-state index is -0.381. The molecule has 1 amide bonds. The number of nitrogens with one attached hydrogen (secondary N) is 2. The molecule has 3 rings (SSSR count). The summed E-state index contributed by atoms with van der Waals surface area (Å²) in [6.45, 7) is 0.346. The number of aromatic amines is 1. The summed E-state index contributed by atoms with van der Waals surface area (Å²) in [5.41, 5.74) is -0.0328. The number of carbonyl (C=O) groups excluding carboxylic acids is 1. The molecular weight excluding hydrogens is 290 g/mol. The van der Waals surface area contributed by atoms with Crippen LogP contribution in [0.2, 0.25) is 0 Å². The fourth-order valence-electron chi connectivity index (χ4n) is 2.26. The van der Waals surface area contributed by atoms with Gasteiger partial charge >= 0.3 is 5.69 Å². The number of hydrogen-bond acceptors (Lipinski definition) is 4. The van der Waals surface area contributed by atoms with Crippen LogP contribution in [-0.2, 0) is 11.3 Å². The summed E-state index contributed by atoms with van der Waals surface area (Å²) >= 11 is 1.33. The second kappa shape index (κ2) is 5.85. The predicted molar refractivity (Wildman–Crippen MR) is 81.7 cm³/mol. The van der Waals surface area contributed by atoms with Crippen LogP contribution in [0.25, 0.3) is 10.2 Å². The summed E-state index contributed by atoms with van der Waals surface area (Å²) < 4.78 is 1.79. The maximum Gasteiger partial charge on any atom is 0.328 e. The Labute approximate surface area is 124 Å². The third-order valence-electron chi connectivity index (χ3n) is 3.57. The molecular formula is C14H17N3O3S. The first-order valence-corrected chi connectivity index (χ1v) is 8.03. The number of thiophene rings is 1. The molecule has 0 unspecified atom stereocenters. The van der Waals surface area contributed by atoms with Crippen molar-refractivity contribution in [2.45, 2.75) is 44.7 Å². The fourth-order valence-corrected chi connectivity index (χ4v) is 3.05. The smallest absolute Gasteiger partial charge is 0.328 e. The zero-order chi connectivity index (χ0) is 14.8. The van der Waals surface area contributed by atoms with Crippen LogP contribution in [0.5, 0.6) is 0 Å². The number of fused-ring (bicyclic) bond motifs is 1. The van der Waals surface area contributed by atoms with E-state index in [1.807, 2.05) is 0 Å². The van der Waals surface area contributed by atoms with Crippen molar-refractivity contribution < 1.29 is 4.79 Å². The van der Waals surface area contributed by atoms with Crippen LogP contribution in [0, 0.1) is 0 Å². The zero-order valence-electron chi connectivity index (χ0n) is 11.6. The van der Waals surface area contributed by atoms with Gasteiger partial charge in [0.2, 0.25) is 5.91 Å². The molecule has 0 aliphatic heterocycles. The Morgan fingerprint density at radius 3 is 2.95 bits per heavy atom. The number of hydrogen-bond donors (Lipinski definition) is 2. The molecule has 112 valence electrons. The van der Waals surface area contributed by atoms with Crippen LogP contribution >= 0.6 is 11.3 Å². The van der Waals surface area contributed by atoms with E-state index < -0.39 is 0 Å². The molecule has 2 heterocycles. The van der Waals surface area contributed by atoms with Crippen molar-refractivity contribution in [2.24, 2.45) is 0 Å². The van der Waals surface area contributed by atoms with E-state index in [0.717, 1.165) is 12.8 Å². The van der Waals surface area contributed by atoms with Gasteiger partial charge in [-0.25, -0.2) is 4.79 Å². The third kappa shape index (κ3) is 3.24. The highest BCUT2D eigenvalue weighted by atomic mass is 32.1. The number of rotatable bonds is 6. The SMILES string of the molecule is O=C(CCCCn1c(=O)[nH]c2ccsc2c1=O)NC1CC1. The molecule has 0 aromatic carbocycles. The number of unbranched alkanes of at least 4 members (excludes halogenated alkanes) is 1. The average molecular weight is 307 g/mol. The lowest BCUT2D eigenvalue weighted by atomic mass is 10.2. The first-order chi connectivity index (χ1) is 10.1. The van der Waals surface area contributed by atoms with Crippen molar-refractivity contribution in [3.8, 4) is 0 Å². The molecule has 2 N–H and O–H groups in total. The van der Waals surface area contributed by atoms with Gasteiger partial charge in [0.15, 0.2) is 0 Å². The molecule has 0 saturated heterocycles. The summed E-state index contributed by atoms with van der Waals surface area (Å²) in [5, 5.41) is 4.71. The molecule has 6 nitrogen and oxygen atoms in total. The molecule has 2 aromatic rings. The Morgan fingerprint density at radius 1 is 1.38 bits per heavy atom. The van der Waals surface area contributed by atoms with Crippen LogP contribution in [0.1, 0.15) is 32.1 Å². The first kappa shape index (κ1) is 14.1. The topological polar surface area (TPSA) is 84.0 Å². The van der Waals surface area contributed by atoms with Gasteiger partial charge in [-0.3, -0.25) is 14.2 Å². The highest BCUT2D eigenvalue weighted by molar-refractivity contribution is 7.17. The van der Waals surface area contributed by atoms with Crippen LogP contribution < -0.4 is 16.6 Å². The summed E-state index contributed by atoms with van der Waals surface area (Å²) in [6, 6.07) is 2.11. The Bertz CT molecular complexity index is 770. The van der Waals surface area contributed by atoms with Gasteiger partial charge in [0.05, 0.1) is 5.52 Å². The number of carbonyl (C=O) groups is 1. The van der Waals surface area contributed by atoms with Crippen molar-refractivity contribution in [1.82, 2.24) is 14.9 Å². The fraction of sp³-hybridized carbons (Fsp3) is 0.500. The van der Waals surface area contributed by atoms with Crippen LogP contribution in [0.15, 0.2) is 21.0 Å². The quantitative estimate of drug-likeness (QED) is 0.787.